The first-order valence-electron chi connectivity index (χ1n) is 15.4. The molecule has 4 rings (SSSR count). The average Bonchev–Trinajstić information content (AvgIpc) is 2.92. The number of unbranched alkanes of at least 4 members (excludes halogenated alkanes) is 5. The van der Waals surface area contributed by atoms with Gasteiger partial charge < -0.3 is 0 Å². The van der Waals surface area contributed by atoms with E-state index in [1.807, 2.05) is 0 Å². The van der Waals surface area contributed by atoms with Crippen molar-refractivity contribution in [1.82, 2.24) is 0 Å². The number of nitrogens with zero attached hydrogens (tertiary/aromatic N) is 1. The second-order valence-corrected chi connectivity index (χ2v) is 12.6. The lowest BCUT2D eigenvalue weighted by molar-refractivity contribution is 0.108. The molecule has 1 aromatic carbocycles. The zero-order valence-corrected chi connectivity index (χ0v) is 23.4. The van der Waals surface area contributed by atoms with Crippen molar-refractivity contribution in [3.8, 4) is 0 Å². The maximum absolute atomic E-state index is 4.73. The summed E-state index contributed by atoms with van der Waals surface area (Å²) in [6.45, 7) is 2.32. The van der Waals surface area contributed by atoms with E-state index < -0.39 is 0 Å². The summed E-state index contributed by atoms with van der Waals surface area (Å²) in [7, 11) is 0. The van der Waals surface area contributed by atoms with Gasteiger partial charge in [-0.1, -0.05) is 76.8 Å². The Morgan fingerprint density at radius 1 is 0.657 bits per heavy atom. The van der Waals surface area contributed by atoms with E-state index in [4.69, 9.17) is 12.2 Å². The van der Waals surface area contributed by atoms with Crippen molar-refractivity contribution in [3.05, 3.63) is 29.8 Å². The third-order valence-corrected chi connectivity index (χ3v) is 10.4. The van der Waals surface area contributed by atoms with E-state index in [0.717, 1.165) is 41.2 Å². The van der Waals surface area contributed by atoms with Crippen LogP contribution in [0.25, 0.3) is 0 Å². The van der Waals surface area contributed by atoms with E-state index >= 15 is 0 Å². The first kappa shape index (κ1) is 27.1. The molecule has 0 N–H and O–H groups in total. The number of isothiocyanates is 1. The number of hydrogen-bond acceptors (Lipinski definition) is 2. The molecule has 0 radical (unpaired) electrons. The van der Waals surface area contributed by atoms with Gasteiger partial charge in [0.15, 0.2) is 0 Å². The number of aliphatic imine (C=N–C) groups is 1. The normalized spacial score (nSPS) is 31.6. The second-order valence-electron chi connectivity index (χ2n) is 12.4. The highest BCUT2D eigenvalue weighted by Crippen LogP contribution is 2.47. The van der Waals surface area contributed by atoms with Crippen LogP contribution in [0, 0.1) is 29.6 Å². The number of benzene rings is 1. The lowest BCUT2D eigenvalue weighted by Crippen LogP contribution is -2.29. The molecule has 0 bridgehead atoms. The maximum Gasteiger partial charge on any atom is 0.0739 e. The van der Waals surface area contributed by atoms with E-state index in [9.17, 15) is 0 Å². The Morgan fingerprint density at radius 3 is 1.69 bits per heavy atom. The van der Waals surface area contributed by atoms with Gasteiger partial charge in [-0.25, -0.2) is 0 Å². The molecule has 0 spiro atoms. The van der Waals surface area contributed by atoms with E-state index in [-0.39, 0.29) is 0 Å². The molecule has 0 aromatic heterocycles. The largest absolute Gasteiger partial charge is 0.195 e. The Kier molecular flexibility index (Phi) is 11.4. The van der Waals surface area contributed by atoms with Gasteiger partial charge in [-0.05, 0) is 130 Å². The molecule has 0 aliphatic heterocycles. The first-order valence-corrected chi connectivity index (χ1v) is 15.9. The van der Waals surface area contributed by atoms with Crippen LogP contribution in [-0.4, -0.2) is 5.16 Å². The van der Waals surface area contributed by atoms with Crippen LogP contribution in [0.15, 0.2) is 29.3 Å². The highest BCUT2D eigenvalue weighted by atomic mass is 32.1. The van der Waals surface area contributed by atoms with Gasteiger partial charge >= 0.3 is 0 Å². The van der Waals surface area contributed by atoms with Crippen LogP contribution in [0.1, 0.15) is 140 Å². The third kappa shape index (κ3) is 8.26. The Balaban J connectivity index is 1.10. The van der Waals surface area contributed by atoms with Crippen molar-refractivity contribution in [2.24, 2.45) is 34.6 Å². The number of thiocarbonyl (C=S) groups is 1. The van der Waals surface area contributed by atoms with Crippen molar-refractivity contribution in [3.63, 3.8) is 0 Å². The molecule has 3 saturated carbocycles. The first-order chi connectivity index (χ1) is 17.3. The highest BCUT2D eigenvalue weighted by Gasteiger charge is 2.34. The number of hydrogen-bond donors (Lipinski definition) is 0. The van der Waals surface area contributed by atoms with Crippen molar-refractivity contribution in [2.75, 3.05) is 0 Å². The van der Waals surface area contributed by atoms with Gasteiger partial charge in [0, 0.05) is 0 Å². The van der Waals surface area contributed by atoms with Gasteiger partial charge in [-0.3, -0.25) is 0 Å². The zero-order chi connectivity index (χ0) is 24.3. The van der Waals surface area contributed by atoms with Crippen LogP contribution in [0.4, 0.5) is 5.69 Å². The Labute approximate surface area is 222 Å². The van der Waals surface area contributed by atoms with Gasteiger partial charge in [0.2, 0.25) is 0 Å². The van der Waals surface area contributed by atoms with E-state index in [1.54, 1.807) is 38.5 Å². The molecule has 2 heteroatoms. The molecular weight excluding hydrogens is 442 g/mol. The highest BCUT2D eigenvalue weighted by molar-refractivity contribution is 7.78. The van der Waals surface area contributed by atoms with Crippen LogP contribution >= 0.6 is 12.2 Å². The Bertz CT molecular complexity index is 755. The molecule has 3 aliphatic carbocycles. The Morgan fingerprint density at radius 2 is 1.14 bits per heavy atom. The minimum absolute atomic E-state index is 0.750. The van der Waals surface area contributed by atoms with Crippen LogP contribution in [0.5, 0.6) is 0 Å². The van der Waals surface area contributed by atoms with Crippen molar-refractivity contribution >= 4 is 23.1 Å². The van der Waals surface area contributed by atoms with Gasteiger partial charge in [0.1, 0.15) is 0 Å². The van der Waals surface area contributed by atoms with Gasteiger partial charge in [0.05, 0.1) is 10.8 Å². The van der Waals surface area contributed by atoms with Crippen LogP contribution < -0.4 is 0 Å². The summed E-state index contributed by atoms with van der Waals surface area (Å²) in [5, 5.41) is 2.47. The standard InChI is InChI=1S/C33H51NS/c1-2-3-4-5-6-7-8-26-9-11-27(12-10-26)28-13-15-29(16-14-28)30-17-19-31(20-18-30)32-21-23-33(24-22-32)34-25-35/h21-24,26-31H,2-20H2,1H3. The summed E-state index contributed by atoms with van der Waals surface area (Å²) in [5.41, 5.74) is 2.43. The average molecular weight is 494 g/mol. The smallest absolute Gasteiger partial charge is 0.0739 e. The molecule has 0 heterocycles. The quantitative estimate of drug-likeness (QED) is 0.170. The molecule has 35 heavy (non-hydrogen) atoms. The van der Waals surface area contributed by atoms with Gasteiger partial charge in [0.25, 0.3) is 0 Å². The molecule has 3 aliphatic rings. The molecule has 1 nitrogen and oxygen atoms in total. The summed E-state index contributed by atoms with van der Waals surface area (Å²) in [4.78, 5) is 4.10. The van der Waals surface area contributed by atoms with Crippen molar-refractivity contribution in [2.45, 2.75) is 135 Å². The minimum atomic E-state index is 0.750. The van der Waals surface area contributed by atoms with Crippen LogP contribution in [0.3, 0.4) is 0 Å². The third-order valence-electron chi connectivity index (χ3n) is 10.3. The van der Waals surface area contributed by atoms with Crippen LogP contribution in [0.2, 0.25) is 0 Å². The Hall–Kier alpha value is -0.980. The molecule has 0 saturated heterocycles. The molecule has 1 aromatic rings. The molecule has 0 atom stereocenters. The monoisotopic (exact) mass is 493 g/mol. The van der Waals surface area contributed by atoms with Crippen molar-refractivity contribution < 1.29 is 0 Å². The molecule has 3 fully saturated rings. The molecular formula is C33H51NS. The summed E-state index contributed by atoms with van der Waals surface area (Å²) >= 11 is 4.73. The summed E-state index contributed by atoms with van der Waals surface area (Å²) < 4.78 is 0. The van der Waals surface area contributed by atoms with E-state index in [0.29, 0.717) is 0 Å². The minimum Gasteiger partial charge on any atom is -0.195 e. The van der Waals surface area contributed by atoms with Crippen molar-refractivity contribution in [1.29, 1.82) is 0 Å². The zero-order valence-electron chi connectivity index (χ0n) is 22.6. The SMILES string of the molecule is CCCCCCCCC1CCC(C2CCC(C3CCC(c4ccc(N=C=S)cc4)CC3)CC2)CC1. The molecule has 194 valence electrons. The van der Waals surface area contributed by atoms with E-state index in [1.165, 1.54) is 89.0 Å². The fourth-order valence-electron chi connectivity index (χ4n) is 8.05. The predicted molar refractivity (Wildman–Crippen MR) is 155 cm³/mol. The second kappa shape index (κ2) is 14.7. The summed E-state index contributed by atoms with van der Waals surface area (Å²) in [5.74, 6) is 5.96. The maximum atomic E-state index is 4.73. The van der Waals surface area contributed by atoms with E-state index in [2.05, 4.69) is 41.3 Å². The molecule has 0 amide bonds. The van der Waals surface area contributed by atoms with Gasteiger partial charge in [-0.2, -0.15) is 4.99 Å². The fraction of sp³-hybridized carbons (Fsp3) is 0.788. The molecule has 0 unspecified atom stereocenters. The summed E-state index contributed by atoms with van der Waals surface area (Å²) in [6, 6.07) is 8.74. The van der Waals surface area contributed by atoms with Gasteiger partial charge in [-0.15, -0.1) is 0 Å². The topological polar surface area (TPSA) is 12.4 Å². The lowest BCUT2D eigenvalue weighted by atomic mass is 9.64. The fourth-order valence-corrected chi connectivity index (χ4v) is 8.15. The predicted octanol–water partition coefficient (Wildman–Crippen LogP) is 11.1. The summed E-state index contributed by atoms with van der Waals surface area (Å²) in [6.07, 6.45) is 28.2. The van der Waals surface area contributed by atoms with Crippen LogP contribution in [-0.2, 0) is 0 Å². The number of rotatable bonds is 11. The lowest BCUT2D eigenvalue weighted by Gasteiger charge is -2.41.